The van der Waals surface area contributed by atoms with Gasteiger partial charge in [-0.1, -0.05) is 44.1 Å². The molecule has 0 saturated heterocycles. The van der Waals surface area contributed by atoms with Gasteiger partial charge in [-0.3, -0.25) is 4.79 Å². The number of carbonyl (C=O) groups excluding carboxylic acids is 2. The molecule has 2 N–H and O–H groups in total. The van der Waals surface area contributed by atoms with E-state index >= 15 is 0 Å². The van der Waals surface area contributed by atoms with E-state index in [1.54, 1.807) is 18.2 Å². The van der Waals surface area contributed by atoms with Crippen molar-refractivity contribution in [2.24, 2.45) is 0 Å². The monoisotopic (exact) mass is 338 g/mol. The number of rotatable bonds is 4. The quantitative estimate of drug-likeness (QED) is 0.622. The number of nitrogens with one attached hydrogen (secondary N) is 2. The Morgan fingerprint density at radius 1 is 0.875 bits per heavy atom. The second-order valence-electron chi connectivity index (χ2n) is 6.97. The van der Waals surface area contributed by atoms with Crippen molar-refractivity contribution in [1.29, 1.82) is 0 Å². The van der Waals surface area contributed by atoms with E-state index < -0.39 is 0 Å². The minimum absolute atomic E-state index is 0. The van der Waals surface area contributed by atoms with Gasteiger partial charge in [0.1, 0.15) is 0 Å². The van der Waals surface area contributed by atoms with Crippen molar-refractivity contribution in [2.45, 2.75) is 76.3 Å². The van der Waals surface area contributed by atoms with Gasteiger partial charge in [-0.15, -0.1) is 6.07 Å². The van der Waals surface area contributed by atoms with Crippen LogP contribution < -0.4 is 40.2 Å². The van der Waals surface area contributed by atoms with Crippen molar-refractivity contribution in [1.82, 2.24) is 10.6 Å². The van der Waals surface area contributed by atoms with Crippen LogP contribution in [0.2, 0.25) is 0 Å². The molecule has 0 heterocycles. The van der Waals surface area contributed by atoms with Gasteiger partial charge in [-0.05, 0) is 31.2 Å². The van der Waals surface area contributed by atoms with Gasteiger partial charge in [0.05, 0.1) is 0 Å². The third kappa shape index (κ3) is 5.14. The largest absolute Gasteiger partial charge is 1.00 e. The summed E-state index contributed by atoms with van der Waals surface area (Å²) in [7, 11) is 0. The minimum atomic E-state index is -0.101. The summed E-state index contributed by atoms with van der Waals surface area (Å²) in [6, 6.07) is 5.84. The molecule has 0 aromatic heterocycles. The summed E-state index contributed by atoms with van der Waals surface area (Å²) in [6.45, 7) is 0. The molecule has 5 heteroatoms. The fourth-order valence-electron chi connectivity index (χ4n) is 3.84. The summed E-state index contributed by atoms with van der Waals surface area (Å²) in [6.07, 6.45) is 11.5. The molecule has 2 fully saturated rings. The molecule has 0 bridgehead atoms. The molecular weight excluding hydrogens is 311 g/mol. The Bertz CT molecular complexity index is 497. The van der Waals surface area contributed by atoms with Gasteiger partial charge < -0.3 is 15.4 Å². The van der Waals surface area contributed by atoms with Gasteiger partial charge in [0.15, 0.2) is 5.91 Å². The molecule has 0 spiro atoms. The fraction of sp³-hybridized carbons (Fsp3) is 0.632. The molecule has 0 aliphatic heterocycles. The molecule has 1 aromatic rings. The maximum absolute atomic E-state index is 12.5. The van der Waals surface area contributed by atoms with Crippen molar-refractivity contribution in [3.8, 4) is 0 Å². The summed E-state index contributed by atoms with van der Waals surface area (Å²) in [5.74, 6) is -0.202. The first-order valence-electron chi connectivity index (χ1n) is 9.11. The van der Waals surface area contributed by atoms with E-state index in [1.165, 1.54) is 38.5 Å². The van der Waals surface area contributed by atoms with Crippen LogP contribution in [0.1, 0.15) is 84.9 Å². The van der Waals surface area contributed by atoms with E-state index in [0.29, 0.717) is 11.1 Å². The van der Waals surface area contributed by atoms with Crippen LogP contribution in [0, 0.1) is 0 Å². The average molecular weight is 338 g/mol. The molecule has 3 rings (SSSR count). The maximum Gasteiger partial charge on any atom is 1.00 e. The van der Waals surface area contributed by atoms with Crippen molar-refractivity contribution in [3.63, 3.8) is 0 Å². The van der Waals surface area contributed by atoms with Gasteiger partial charge in [0, 0.05) is 12.1 Å². The normalized spacial score (nSPS) is 19.3. The van der Waals surface area contributed by atoms with E-state index in [4.69, 9.17) is 0 Å². The van der Waals surface area contributed by atoms with Crippen LogP contribution in [-0.4, -0.2) is 23.9 Å². The van der Waals surface area contributed by atoms with Gasteiger partial charge >= 0.3 is 29.6 Å². The Balaban J connectivity index is 0.00000208. The summed E-state index contributed by atoms with van der Waals surface area (Å²) >= 11 is 0. The van der Waals surface area contributed by atoms with Crippen LogP contribution in [0.5, 0.6) is 0 Å². The average Bonchev–Trinajstić information content (AvgIpc) is 3.06. The van der Waals surface area contributed by atoms with Crippen molar-refractivity contribution in [3.05, 3.63) is 29.3 Å². The molecule has 2 aliphatic rings. The van der Waals surface area contributed by atoms with E-state index in [1.807, 2.05) is 0 Å². The van der Waals surface area contributed by atoms with E-state index in [9.17, 15) is 9.59 Å². The molecule has 4 nitrogen and oxygen atoms in total. The van der Waals surface area contributed by atoms with Crippen molar-refractivity contribution < 1.29 is 39.1 Å². The zero-order valence-corrected chi connectivity index (χ0v) is 16.8. The molecule has 24 heavy (non-hydrogen) atoms. The fourth-order valence-corrected chi connectivity index (χ4v) is 3.84. The first-order valence-corrected chi connectivity index (χ1v) is 9.11. The Labute approximate surface area is 166 Å². The molecule has 0 radical (unpaired) electrons. The summed E-state index contributed by atoms with van der Waals surface area (Å²) in [5, 5.41) is 6.20. The zero-order valence-electron chi connectivity index (χ0n) is 14.8. The van der Waals surface area contributed by atoms with Gasteiger partial charge in [0.25, 0.3) is 0 Å². The number of hydrogen-bond acceptors (Lipinski definition) is 2. The molecule has 0 unspecified atom stereocenters. The molecule has 126 valence electrons. The Hall–Kier alpha value is -0.710. The first kappa shape index (κ1) is 19.6. The number of carbonyl (C=O) groups is 2. The summed E-state index contributed by atoms with van der Waals surface area (Å²) < 4.78 is 0. The molecule has 0 atom stereocenters. The minimum Gasteiger partial charge on any atom is -0.389 e. The molecule has 1 aromatic carbocycles. The predicted octanol–water partition coefficient (Wildman–Crippen LogP) is 0.535. The molecular formula is C19H27N2NaO2. The van der Waals surface area contributed by atoms with Crippen LogP contribution in [0.3, 0.4) is 0 Å². The third-order valence-corrected chi connectivity index (χ3v) is 5.19. The SMILES string of the molecule is O=C(NC1CCCCC1)c1ccc[c-]1C(=O)NC1CCCCC1.[Na+]. The standard InChI is InChI=1S/C19H27N2O2.Na/c22-18(20-14-8-3-1-4-9-14)16-12-7-13-17(16)19(23)21-15-10-5-2-6-11-15;/h7,12-15H,1-6,8-11H2,(H,20,22)(H,21,23);/q-1;+1. The van der Waals surface area contributed by atoms with Crippen LogP contribution in [0.25, 0.3) is 0 Å². The predicted molar refractivity (Wildman–Crippen MR) is 90.7 cm³/mol. The second-order valence-corrected chi connectivity index (χ2v) is 6.97. The Kier molecular flexibility index (Phi) is 7.92. The second kappa shape index (κ2) is 9.69. The van der Waals surface area contributed by atoms with E-state index in [2.05, 4.69) is 10.6 Å². The number of hydrogen-bond donors (Lipinski definition) is 2. The summed E-state index contributed by atoms with van der Waals surface area (Å²) in [4.78, 5) is 25.0. The van der Waals surface area contributed by atoms with Crippen LogP contribution in [-0.2, 0) is 0 Å². The Morgan fingerprint density at radius 2 is 1.42 bits per heavy atom. The zero-order chi connectivity index (χ0) is 16.1. The van der Waals surface area contributed by atoms with Gasteiger partial charge in [0.2, 0.25) is 5.91 Å². The summed E-state index contributed by atoms with van der Waals surface area (Å²) in [5.41, 5.74) is 1.03. The van der Waals surface area contributed by atoms with Crippen LogP contribution >= 0.6 is 0 Å². The van der Waals surface area contributed by atoms with Gasteiger partial charge in [-0.25, -0.2) is 0 Å². The topological polar surface area (TPSA) is 58.2 Å². The van der Waals surface area contributed by atoms with Crippen LogP contribution in [0.4, 0.5) is 0 Å². The molecule has 2 aliphatic carbocycles. The van der Waals surface area contributed by atoms with Crippen molar-refractivity contribution in [2.75, 3.05) is 0 Å². The first-order chi connectivity index (χ1) is 11.2. The third-order valence-electron chi connectivity index (χ3n) is 5.19. The molecule has 2 saturated carbocycles. The van der Waals surface area contributed by atoms with Gasteiger partial charge in [-0.2, -0.15) is 12.1 Å². The number of amides is 2. The van der Waals surface area contributed by atoms with E-state index in [0.717, 1.165) is 25.7 Å². The molecule has 2 amide bonds. The smallest absolute Gasteiger partial charge is 0.389 e. The van der Waals surface area contributed by atoms with E-state index in [-0.39, 0.29) is 53.5 Å². The Morgan fingerprint density at radius 3 is 2.00 bits per heavy atom. The van der Waals surface area contributed by atoms with Crippen LogP contribution in [0.15, 0.2) is 18.2 Å². The maximum atomic E-state index is 12.5. The van der Waals surface area contributed by atoms with Crippen molar-refractivity contribution >= 4 is 11.8 Å².